The highest BCUT2D eigenvalue weighted by Gasteiger charge is 2.29. The predicted molar refractivity (Wildman–Crippen MR) is 90.9 cm³/mol. The zero-order valence-electron chi connectivity index (χ0n) is 13.2. The number of amides is 1. The maximum Gasteiger partial charge on any atom is 0.303 e. The van der Waals surface area contributed by atoms with Gasteiger partial charge in [0.2, 0.25) is 5.91 Å². The molecule has 1 rings (SSSR count). The SMILES string of the molecule is CC(C)(C(=O)NCCCCCCC(=O)O)c1cccc(Br)c1. The number of nitrogens with one attached hydrogen (secondary N) is 1. The molecule has 0 aliphatic rings. The number of aliphatic carboxylic acids is 1. The molecule has 0 bridgehead atoms. The van der Waals surface area contributed by atoms with Crippen molar-refractivity contribution in [2.24, 2.45) is 0 Å². The number of hydrogen-bond acceptors (Lipinski definition) is 2. The summed E-state index contributed by atoms with van der Waals surface area (Å²) in [6.45, 7) is 4.46. The largest absolute Gasteiger partial charge is 0.481 e. The summed E-state index contributed by atoms with van der Waals surface area (Å²) in [4.78, 5) is 22.7. The van der Waals surface area contributed by atoms with Gasteiger partial charge in [0.15, 0.2) is 0 Å². The Bertz CT molecular complexity index is 514. The smallest absolute Gasteiger partial charge is 0.303 e. The van der Waals surface area contributed by atoms with E-state index in [1.54, 1.807) is 0 Å². The van der Waals surface area contributed by atoms with Crippen molar-refractivity contribution in [2.75, 3.05) is 6.54 Å². The summed E-state index contributed by atoms with van der Waals surface area (Å²) < 4.78 is 0.962. The average Bonchev–Trinajstić information content (AvgIpc) is 2.45. The highest BCUT2D eigenvalue weighted by Crippen LogP contribution is 2.25. The normalized spacial score (nSPS) is 11.2. The number of halogens is 1. The van der Waals surface area contributed by atoms with E-state index in [0.717, 1.165) is 29.3 Å². The third-order valence-corrected chi connectivity index (χ3v) is 4.21. The number of carboxylic acid groups (broad SMARTS) is 1. The van der Waals surface area contributed by atoms with Crippen molar-refractivity contribution in [1.29, 1.82) is 0 Å². The second-order valence-electron chi connectivity index (χ2n) is 5.95. The molecule has 1 aromatic rings. The van der Waals surface area contributed by atoms with Crippen molar-refractivity contribution < 1.29 is 14.7 Å². The molecule has 0 aromatic heterocycles. The molecule has 0 fully saturated rings. The summed E-state index contributed by atoms with van der Waals surface area (Å²) in [5.74, 6) is -0.736. The Labute approximate surface area is 140 Å². The van der Waals surface area contributed by atoms with Crippen molar-refractivity contribution in [3.05, 3.63) is 34.3 Å². The Morgan fingerprint density at radius 3 is 2.50 bits per heavy atom. The second-order valence-corrected chi connectivity index (χ2v) is 6.86. The first-order valence-electron chi connectivity index (χ1n) is 7.60. The highest BCUT2D eigenvalue weighted by molar-refractivity contribution is 9.10. The lowest BCUT2D eigenvalue weighted by molar-refractivity contribution is -0.137. The van der Waals surface area contributed by atoms with Gasteiger partial charge in [-0.25, -0.2) is 0 Å². The van der Waals surface area contributed by atoms with E-state index in [0.29, 0.717) is 13.0 Å². The van der Waals surface area contributed by atoms with Crippen LogP contribution in [0.3, 0.4) is 0 Å². The van der Waals surface area contributed by atoms with Crippen LogP contribution >= 0.6 is 15.9 Å². The van der Waals surface area contributed by atoms with Crippen LogP contribution in [0.1, 0.15) is 51.5 Å². The van der Waals surface area contributed by atoms with Crippen molar-refractivity contribution in [3.8, 4) is 0 Å². The third kappa shape index (κ3) is 6.18. The lowest BCUT2D eigenvalue weighted by Gasteiger charge is -2.24. The lowest BCUT2D eigenvalue weighted by Crippen LogP contribution is -2.40. The Hall–Kier alpha value is -1.36. The van der Waals surface area contributed by atoms with Gasteiger partial charge in [-0.3, -0.25) is 9.59 Å². The molecule has 0 radical (unpaired) electrons. The standard InChI is InChI=1S/C17H24BrNO3/c1-17(2,13-8-7-9-14(18)12-13)16(22)19-11-6-4-3-5-10-15(20)21/h7-9,12H,3-6,10-11H2,1-2H3,(H,19,22)(H,20,21). The van der Waals surface area contributed by atoms with Gasteiger partial charge in [-0.2, -0.15) is 0 Å². The minimum absolute atomic E-state index is 0.0103. The molecule has 22 heavy (non-hydrogen) atoms. The van der Waals surface area contributed by atoms with Gasteiger partial charge >= 0.3 is 5.97 Å². The molecule has 0 aliphatic carbocycles. The van der Waals surface area contributed by atoms with Crippen LogP contribution in [-0.4, -0.2) is 23.5 Å². The number of carbonyl (C=O) groups excluding carboxylic acids is 1. The maximum atomic E-state index is 12.4. The first kappa shape index (κ1) is 18.7. The molecule has 122 valence electrons. The number of rotatable bonds is 9. The molecule has 0 unspecified atom stereocenters. The first-order chi connectivity index (χ1) is 10.3. The molecule has 0 atom stereocenters. The van der Waals surface area contributed by atoms with E-state index in [2.05, 4.69) is 21.2 Å². The quantitative estimate of drug-likeness (QED) is 0.649. The van der Waals surface area contributed by atoms with Crippen LogP contribution in [0, 0.1) is 0 Å². The monoisotopic (exact) mass is 369 g/mol. The van der Waals surface area contributed by atoms with Crippen LogP contribution in [0.25, 0.3) is 0 Å². The summed E-state index contributed by atoms with van der Waals surface area (Å²) in [7, 11) is 0. The Morgan fingerprint density at radius 2 is 1.86 bits per heavy atom. The molecule has 1 amide bonds. The molecule has 5 heteroatoms. The first-order valence-corrected chi connectivity index (χ1v) is 8.39. The van der Waals surface area contributed by atoms with E-state index in [4.69, 9.17) is 5.11 Å². The fraction of sp³-hybridized carbons (Fsp3) is 0.529. The average molecular weight is 370 g/mol. The van der Waals surface area contributed by atoms with Crippen molar-refractivity contribution in [3.63, 3.8) is 0 Å². The predicted octanol–water partition coefficient (Wildman–Crippen LogP) is 3.88. The Morgan fingerprint density at radius 1 is 1.18 bits per heavy atom. The van der Waals surface area contributed by atoms with Crippen LogP contribution in [-0.2, 0) is 15.0 Å². The Kier molecular flexibility index (Phi) is 7.59. The minimum Gasteiger partial charge on any atom is -0.481 e. The van der Waals surface area contributed by atoms with Crippen molar-refractivity contribution in [1.82, 2.24) is 5.32 Å². The summed E-state index contributed by atoms with van der Waals surface area (Å²) in [5.41, 5.74) is 0.397. The number of carboxylic acids is 1. The van der Waals surface area contributed by atoms with Crippen LogP contribution in [0.15, 0.2) is 28.7 Å². The van der Waals surface area contributed by atoms with E-state index >= 15 is 0 Å². The van der Waals surface area contributed by atoms with Gasteiger partial charge in [-0.15, -0.1) is 0 Å². The molecule has 0 aliphatic heterocycles. The van der Waals surface area contributed by atoms with E-state index in [9.17, 15) is 9.59 Å². The molecule has 0 saturated carbocycles. The fourth-order valence-electron chi connectivity index (χ4n) is 2.19. The number of carbonyl (C=O) groups is 2. The number of unbranched alkanes of at least 4 members (excludes halogenated alkanes) is 3. The third-order valence-electron chi connectivity index (χ3n) is 3.72. The number of benzene rings is 1. The number of hydrogen-bond donors (Lipinski definition) is 2. The lowest BCUT2D eigenvalue weighted by atomic mass is 9.84. The van der Waals surface area contributed by atoms with E-state index in [-0.39, 0.29) is 12.3 Å². The van der Waals surface area contributed by atoms with Gasteiger partial charge in [-0.05, 0) is 44.4 Å². The fourth-order valence-corrected chi connectivity index (χ4v) is 2.59. The second kappa shape index (κ2) is 8.93. The summed E-state index contributed by atoms with van der Waals surface area (Å²) >= 11 is 3.43. The van der Waals surface area contributed by atoms with E-state index in [1.807, 2.05) is 38.1 Å². The molecule has 4 nitrogen and oxygen atoms in total. The summed E-state index contributed by atoms with van der Waals surface area (Å²) in [6, 6.07) is 7.78. The maximum absolute atomic E-state index is 12.4. The molecule has 1 aromatic carbocycles. The molecular weight excluding hydrogens is 346 g/mol. The van der Waals surface area contributed by atoms with Crippen molar-refractivity contribution >= 4 is 27.8 Å². The summed E-state index contributed by atoms with van der Waals surface area (Å²) in [5, 5.41) is 11.5. The minimum atomic E-state index is -0.746. The zero-order chi connectivity index (χ0) is 16.6. The molecule has 0 saturated heterocycles. The van der Waals surface area contributed by atoms with E-state index in [1.165, 1.54) is 0 Å². The zero-order valence-corrected chi connectivity index (χ0v) is 14.8. The van der Waals surface area contributed by atoms with Gasteiger partial charge < -0.3 is 10.4 Å². The van der Waals surface area contributed by atoms with Crippen LogP contribution < -0.4 is 5.32 Å². The van der Waals surface area contributed by atoms with E-state index < -0.39 is 11.4 Å². The van der Waals surface area contributed by atoms with Crippen LogP contribution in [0.5, 0.6) is 0 Å². The van der Waals surface area contributed by atoms with Gasteiger partial charge in [-0.1, -0.05) is 40.9 Å². The molecular formula is C17H24BrNO3. The van der Waals surface area contributed by atoms with Crippen LogP contribution in [0.2, 0.25) is 0 Å². The molecule has 2 N–H and O–H groups in total. The summed E-state index contributed by atoms with van der Waals surface area (Å²) in [6.07, 6.45) is 3.62. The van der Waals surface area contributed by atoms with Crippen molar-refractivity contribution in [2.45, 2.75) is 51.4 Å². The van der Waals surface area contributed by atoms with Gasteiger partial charge in [0, 0.05) is 17.4 Å². The molecule has 0 spiro atoms. The van der Waals surface area contributed by atoms with Gasteiger partial charge in [0.1, 0.15) is 0 Å². The van der Waals surface area contributed by atoms with Gasteiger partial charge in [0.25, 0.3) is 0 Å². The highest BCUT2D eigenvalue weighted by atomic mass is 79.9. The van der Waals surface area contributed by atoms with Crippen LogP contribution in [0.4, 0.5) is 0 Å². The Balaban J connectivity index is 2.34. The van der Waals surface area contributed by atoms with Gasteiger partial charge in [0.05, 0.1) is 5.41 Å². The topological polar surface area (TPSA) is 66.4 Å². The molecule has 0 heterocycles.